The van der Waals surface area contributed by atoms with Gasteiger partial charge in [-0.3, -0.25) is 0 Å². The van der Waals surface area contributed by atoms with Crippen LogP contribution in [-0.4, -0.2) is 0 Å². The summed E-state index contributed by atoms with van der Waals surface area (Å²) < 4.78 is 24.8. The van der Waals surface area contributed by atoms with Crippen LogP contribution in [0.5, 0.6) is 0 Å². The van der Waals surface area contributed by atoms with Crippen LogP contribution in [0.1, 0.15) is 31.9 Å². The number of hydrogen-bond donors (Lipinski definition) is 0. The fraction of sp³-hybridized carbons (Fsp3) is 0.162. The Bertz CT molecular complexity index is 2130. The molecule has 7 rings (SSSR count). The zero-order valence-electron chi connectivity index (χ0n) is 23.5. The Morgan fingerprint density at radius 2 is 1.32 bits per heavy atom. The lowest BCUT2D eigenvalue weighted by atomic mass is 9.87. The molecule has 0 unspecified atom stereocenters. The molecule has 0 spiro atoms. The predicted molar refractivity (Wildman–Crippen MR) is 164 cm³/mol. The third-order valence-corrected chi connectivity index (χ3v) is 8.26. The van der Waals surface area contributed by atoms with Crippen LogP contribution >= 0.6 is 0 Å². The maximum Gasteiger partial charge on any atom is 0.216 e. The van der Waals surface area contributed by atoms with Gasteiger partial charge in [0.05, 0.1) is 11.1 Å². The van der Waals surface area contributed by atoms with Crippen molar-refractivity contribution in [1.29, 1.82) is 0 Å². The van der Waals surface area contributed by atoms with Crippen molar-refractivity contribution < 1.29 is 13.4 Å². The van der Waals surface area contributed by atoms with Gasteiger partial charge in [0.1, 0.15) is 24.0 Å². The van der Waals surface area contributed by atoms with Crippen molar-refractivity contribution in [3.63, 3.8) is 0 Å². The minimum atomic E-state index is -0.287. The van der Waals surface area contributed by atoms with Gasteiger partial charge in [-0.15, -0.1) is 0 Å². The second-order valence-corrected chi connectivity index (χ2v) is 11.9. The molecular weight excluding hydrogens is 493 g/mol. The van der Waals surface area contributed by atoms with E-state index < -0.39 is 0 Å². The van der Waals surface area contributed by atoms with E-state index in [0.29, 0.717) is 11.1 Å². The molecule has 2 heterocycles. The molecule has 0 N–H and O–H groups in total. The van der Waals surface area contributed by atoms with Gasteiger partial charge in [0.2, 0.25) is 5.69 Å². The summed E-state index contributed by atoms with van der Waals surface area (Å²) in [6.07, 6.45) is 2.20. The predicted octanol–water partition coefficient (Wildman–Crippen LogP) is 9.80. The molecule has 196 valence electrons. The molecule has 0 aliphatic heterocycles. The average Bonchev–Trinajstić information content (AvgIpc) is 3.31. The fourth-order valence-corrected chi connectivity index (χ4v) is 6.12. The van der Waals surface area contributed by atoms with E-state index in [9.17, 15) is 0 Å². The number of rotatable bonds is 2. The summed E-state index contributed by atoms with van der Waals surface area (Å²) in [5.41, 5.74) is 7.24. The number of hydrogen-bond acceptors (Lipinski definition) is 1. The van der Waals surface area contributed by atoms with E-state index in [1.165, 1.54) is 5.56 Å². The van der Waals surface area contributed by atoms with Gasteiger partial charge in [-0.2, -0.15) is 0 Å². The molecule has 0 radical (unpaired) electrons. The second-order valence-electron chi connectivity index (χ2n) is 11.9. The highest BCUT2D eigenvalue weighted by Gasteiger charge is 2.25. The molecule has 0 saturated heterocycles. The number of furan rings is 1. The van der Waals surface area contributed by atoms with Crippen molar-refractivity contribution in [1.82, 2.24) is 0 Å². The van der Waals surface area contributed by atoms with E-state index in [-0.39, 0.29) is 11.2 Å². The number of halogens is 1. The van der Waals surface area contributed by atoms with E-state index in [0.717, 1.165) is 60.3 Å². The average molecular weight is 525 g/mol. The monoisotopic (exact) mass is 524 g/mol. The molecule has 40 heavy (non-hydrogen) atoms. The van der Waals surface area contributed by atoms with E-state index in [1.807, 2.05) is 30.3 Å². The number of aromatic nitrogens is 1. The molecular formula is C37H31FNO+. The van der Waals surface area contributed by atoms with Crippen LogP contribution in [0.4, 0.5) is 4.39 Å². The Labute approximate surface area is 233 Å². The normalized spacial score (nSPS) is 12.2. The molecule has 2 nitrogen and oxygen atoms in total. The molecule has 0 amide bonds. The van der Waals surface area contributed by atoms with Gasteiger partial charge < -0.3 is 4.42 Å². The second kappa shape index (κ2) is 8.76. The summed E-state index contributed by atoms with van der Waals surface area (Å²) in [4.78, 5) is 0. The Balaban J connectivity index is 1.56. The molecule has 0 aliphatic carbocycles. The van der Waals surface area contributed by atoms with Crippen LogP contribution in [0.3, 0.4) is 0 Å². The zero-order valence-corrected chi connectivity index (χ0v) is 23.5. The van der Waals surface area contributed by atoms with E-state index in [1.54, 1.807) is 6.07 Å². The summed E-state index contributed by atoms with van der Waals surface area (Å²) >= 11 is 0. The number of aryl methyl sites for hydroxylation is 2. The highest BCUT2D eigenvalue weighted by Crippen LogP contribution is 2.44. The van der Waals surface area contributed by atoms with E-state index in [2.05, 4.69) is 100 Å². The van der Waals surface area contributed by atoms with Crippen LogP contribution in [0.15, 0.2) is 102 Å². The molecule has 0 fully saturated rings. The molecule has 3 heteroatoms. The first-order chi connectivity index (χ1) is 19.2. The van der Waals surface area contributed by atoms with Crippen LogP contribution in [0, 0.1) is 12.7 Å². The first-order valence-corrected chi connectivity index (χ1v) is 13.8. The minimum absolute atomic E-state index is 0.0474. The molecule has 2 aromatic heterocycles. The largest absolute Gasteiger partial charge is 0.454 e. The Morgan fingerprint density at radius 3 is 2.05 bits per heavy atom. The first-order valence-electron chi connectivity index (χ1n) is 13.8. The summed E-state index contributed by atoms with van der Waals surface area (Å²) in [6, 6.07) is 30.7. The molecule has 0 atom stereocenters. The van der Waals surface area contributed by atoms with E-state index >= 15 is 4.39 Å². The fourth-order valence-electron chi connectivity index (χ4n) is 6.12. The first kappa shape index (κ1) is 24.5. The third-order valence-electron chi connectivity index (χ3n) is 8.26. The summed E-state index contributed by atoms with van der Waals surface area (Å²) in [5, 5.41) is 6.24. The smallest absolute Gasteiger partial charge is 0.216 e. The van der Waals surface area contributed by atoms with Crippen LogP contribution < -0.4 is 4.57 Å². The lowest BCUT2D eigenvalue weighted by Gasteiger charge is -2.17. The standard InChI is InChI=1S/C37H31FNO/c1-22-14-16-28-29-17-18-31(38)34(30-20-23-10-6-7-11-25(23)26-12-8-9-13-27(26)30)36(29)40-35(28)33(22)32-19-15-24(21-39(32)5)37(2,3)4/h6-21H,1-5H3/q+1. The van der Waals surface area contributed by atoms with Gasteiger partial charge >= 0.3 is 0 Å². The zero-order chi connectivity index (χ0) is 27.8. The van der Waals surface area contributed by atoms with Gasteiger partial charge in [0.15, 0.2) is 6.20 Å². The lowest BCUT2D eigenvalue weighted by molar-refractivity contribution is -0.661. The van der Waals surface area contributed by atoms with Gasteiger partial charge in [0.25, 0.3) is 0 Å². The van der Waals surface area contributed by atoms with Gasteiger partial charge in [-0.1, -0.05) is 81.4 Å². The minimum Gasteiger partial charge on any atom is -0.454 e. The lowest BCUT2D eigenvalue weighted by Crippen LogP contribution is -2.33. The highest BCUT2D eigenvalue weighted by molar-refractivity contribution is 6.18. The molecule has 7 aromatic rings. The molecule has 0 bridgehead atoms. The molecule has 0 aliphatic rings. The third kappa shape index (κ3) is 3.65. The Kier molecular flexibility index (Phi) is 5.37. The SMILES string of the molecule is Cc1ccc2c(oc3c(-c4cc5ccccc5c5ccccc45)c(F)ccc32)c1-c1ccc(C(C)(C)C)c[n+]1C. The Hall–Kier alpha value is -4.50. The number of benzene rings is 5. The quantitative estimate of drug-likeness (QED) is 0.162. The van der Waals surface area contributed by atoms with Crippen molar-refractivity contribution >= 4 is 43.5 Å². The maximum absolute atomic E-state index is 15.9. The van der Waals surface area contributed by atoms with Crippen LogP contribution in [0.25, 0.3) is 65.9 Å². The highest BCUT2D eigenvalue weighted by atomic mass is 19.1. The molecule has 0 saturated carbocycles. The summed E-state index contributed by atoms with van der Waals surface area (Å²) in [5.74, 6) is -0.287. The topological polar surface area (TPSA) is 17.0 Å². The van der Waals surface area contributed by atoms with Crippen molar-refractivity contribution in [2.24, 2.45) is 7.05 Å². The Morgan fingerprint density at radius 1 is 0.675 bits per heavy atom. The van der Waals surface area contributed by atoms with Crippen molar-refractivity contribution in [2.45, 2.75) is 33.1 Å². The van der Waals surface area contributed by atoms with Crippen molar-refractivity contribution in [3.8, 4) is 22.4 Å². The summed E-state index contributed by atoms with van der Waals surface area (Å²) in [6.45, 7) is 8.78. The number of fused-ring (bicyclic) bond motifs is 6. The van der Waals surface area contributed by atoms with Crippen LogP contribution in [0.2, 0.25) is 0 Å². The number of nitrogens with zero attached hydrogens (tertiary/aromatic N) is 1. The van der Waals surface area contributed by atoms with Gasteiger partial charge in [-0.25, -0.2) is 8.96 Å². The van der Waals surface area contributed by atoms with Gasteiger partial charge in [0, 0.05) is 22.4 Å². The number of pyridine rings is 1. The van der Waals surface area contributed by atoms with Crippen molar-refractivity contribution in [2.75, 3.05) is 0 Å². The van der Waals surface area contributed by atoms with Crippen LogP contribution in [-0.2, 0) is 12.5 Å². The summed E-state index contributed by atoms with van der Waals surface area (Å²) in [7, 11) is 2.08. The van der Waals surface area contributed by atoms with Gasteiger partial charge in [-0.05, 0) is 69.3 Å². The maximum atomic E-state index is 15.9. The van der Waals surface area contributed by atoms with Crippen molar-refractivity contribution in [3.05, 3.63) is 114 Å². The van der Waals surface area contributed by atoms with E-state index in [4.69, 9.17) is 4.42 Å². The molecule has 5 aromatic carbocycles.